The summed E-state index contributed by atoms with van der Waals surface area (Å²) in [5.74, 6) is 0.0481. The summed E-state index contributed by atoms with van der Waals surface area (Å²) in [5.41, 5.74) is 0.585. The van der Waals surface area contributed by atoms with Gasteiger partial charge in [-0.05, 0) is 24.3 Å². The van der Waals surface area contributed by atoms with Crippen LogP contribution in [-0.4, -0.2) is 24.6 Å². The van der Waals surface area contributed by atoms with Crippen LogP contribution in [0.2, 0.25) is 0 Å². The predicted octanol–water partition coefficient (Wildman–Crippen LogP) is 0.701. The number of imidazole rings is 1. The summed E-state index contributed by atoms with van der Waals surface area (Å²) in [4.78, 5) is 42.0. The largest absolute Gasteiger partial charge is 0.347 e. The van der Waals surface area contributed by atoms with Gasteiger partial charge in [0.1, 0.15) is 6.54 Å². The first kappa shape index (κ1) is 17.3. The van der Waals surface area contributed by atoms with E-state index in [1.54, 1.807) is 18.7 Å². The Morgan fingerprint density at radius 3 is 2.59 bits per heavy atom. The summed E-state index contributed by atoms with van der Waals surface area (Å²) in [6.45, 7) is -0.317. The standard InChI is InChI=1S/C19H21N5O3/c1-22-11-20-17-16(22)18(26)24(19(27)23(17)2)10-14(25)21-15(13-8-9-13)12-6-4-3-5-7-12/h3-7,11,13,15H,8-10H2,1-2H3,(H,21,25). The third-order valence-electron chi connectivity index (χ3n) is 5.07. The summed E-state index contributed by atoms with van der Waals surface area (Å²) < 4.78 is 3.82. The lowest BCUT2D eigenvalue weighted by atomic mass is 10.0. The van der Waals surface area contributed by atoms with E-state index in [4.69, 9.17) is 0 Å². The van der Waals surface area contributed by atoms with E-state index in [0.29, 0.717) is 17.1 Å². The van der Waals surface area contributed by atoms with E-state index < -0.39 is 11.2 Å². The highest BCUT2D eigenvalue weighted by Crippen LogP contribution is 2.40. The van der Waals surface area contributed by atoms with Crippen molar-refractivity contribution in [2.45, 2.75) is 25.4 Å². The predicted molar refractivity (Wildman–Crippen MR) is 100 cm³/mol. The smallest absolute Gasteiger partial charge is 0.332 e. The molecular weight excluding hydrogens is 346 g/mol. The first-order valence-electron chi connectivity index (χ1n) is 8.92. The van der Waals surface area contributed by atoms with Crippen molar-refractivity contribution in [2.24, 2.45) is 20.0 Å². The third kappa shape index (κ3) is 3.07. The minimum Gasteiger partial charge on any atom is -0.347 e. The number of aromatic nitrogens is 4. The Balaban J connectivity index is 1.64. The third-order valence-corrected chi connectivity index (χ3v) is 5.07. The van der Waals surface area contributed by atoms with Crippen LogP contribution in [0.3, 0.4) is 0 Å². The summed E-state index contributed by atoms with van der Waals surface area (Å²) >= 11 is 0. The summed E-state index contributed by atoms with van der Waals surface area (Å²) in [6.07, 6.45) is 3.60. The van der Waals surface area contributed by atoms with Gasteiger partial charge in [0.15, 0.2) is 11.2 Å². The highest BCUT2D eigenvalue weighted by Gasteiger charge is 2.33. The normalized spacial score (nSPS) is 15.0. The van der Waals surface area contributed by atoms with Crippen molar-refractivity contribution in [3.63, 3.8) is 0 Å². The average molecular weight is 367 g/mol. The molecule has 2 aromatic heterocycles. The van der Waals surface area contributed by atoms with Crippen molar-refractivity contribution in [1.29, 1.82) is 0 Å². The Morgan fingerprint density at radius 2 is 1.93 bits per heavy atom. The Labute approximate surface area is 155 Å². The van der Waals surface area contributed by atoms with Crippen LogP contribution < -0.4 is 16.6 Å². The van der Waals surface area contributed by atoms with Crippen LogP contribution in [0.1, 0.15) is 24.4 Å². The molecule has 1 aromatic carbocycles. The Kier molecular flexibility index (Phi) is 4.18. The molecule has 1 fully saturated rings. The molecule has 2 heterocycles. The zero-order valence-corrected chi connectivity index (χ0v) is 15.3. The molecule has 1 atom stereocenters. The van der Waals surface area contributed by atoms with Crippen molar-refractivity contribution in [1.82, 2.24) is 24.0 Å². The van der Waals surface area contributed by atoms with E-state index in [2.05, 4.69) is 10.3 Å². The van der Waals surface area contributed by atoms with Gasteiger partial charge in [-0.25, -0.2) is 14.3 Å². The molecule has 8 heteroatoms. The van der Waals surface area contributed by atoms with E-state index in [0.717, 1.165) is 23.0 Å². The molecule has 0 bridgehead atoms. The van der Waals surface area contributed by atoms with Gasteiger partial charge in [-0.1, -0.05) is 30.3 Å². The molecular formula is C19H21N5O3. The van der Waals surface area contributed by atoms with E-state index in [-0.39, 0.29) is 18.5 Å². The highest BCUT2D eigenvalue weighted by atomic mass is 16.2. The number of carbonyl (C=O) groups is 1. The minimum absolute atomic E-state index is 0.0984. The topological polar surface area (TPSA) is 90.9 Å². The number of hydrogen-bond acceptors (Lipinski definition) is 4. The molecule has 4 rings (SSSR count). The molecule has 0 aliphatic heterocycles. The van der Waals surface area contributed by atoms with E-state index in [1.165, 1.54) is 10.9 Å². The molecule has 0 saturated heterocycles. The molecule has 27 heavy (non-hydrogen) atoms. The van der Waals surface area contributed by atoms with Gasteiger partial charge in [-0.2, -0.15) is 0 Å². The van der Waals surface area contributed by atoms with Crippen LogP contribution in [-0.2, 0) is 25.4 Å². The summed E-state index contributed by atoms with van der Waals surface area (Å²) in [6, 6.07) is 9.67. The van der Waals surface area contributed by atoms with Crippen LogP contribution in [0.15, 0.2) is 46.2 Å². The lowest BCUT2D eigenvalue weighted by Crippen LogP contribution is -2.44. The van der Waals surface area contributed by atoms with Gasteiger partial charge in [0.2, 0.25) is 5.91 Å². The van der Waals surface area contributed by atoms with Gasteiger partial charge in [0, 0.05) is 14.1 Å². The Bertz CT molecular complexity index is 1120. The number of nitrogens with zero attached hydrogens (tertiary/aromatic N) is 4. The van der Waals surface area contributed by atoms with Crippen molar-refractivity contribution in [2.75, 3.05) is 0 Å². The van der Waals surface area contributed by atoms with Crippen LogP contribution in [0.5, 0.6) is 0 Å². The van der Waals surface area contributed by atoms with Gasteiger partial charge in [-0.15, -0.1) is 0 Å². The van der Waals surface area contributed by atoms with Gasteiger partial charge in [0.05, 0.1) is 12.4 Å². The van der Waals surface area contributed by atoms with E-state index >= 15 is 0 Å². The second-order valence-electron chi connectivity index (χ2n) is 7.05. The molecule has 1 unspecified atom stereocenters. The van der Waals surface area contributed by atoms with Crippen LogP contribution in [0, 0.1) is 5.92 Å². The molecule has 0 spiro atoms. The lowest BCUT2D eigenvalue weighted by molar-refractivity contribution is -0.122. The second-order valence-corrected chi connectivity index (χ2v) is 7.05. The number of carbonyl (C=O) groups excluding carboxylic acids is 1. The number of rotatable bonds is 5. The summed E-state index contributed by atoms with van der Waals surface area (Å²) in [7, 11) is 3.23. The maximum absolute atomic E-state index is 12.7. The van der Waals surface area contributed by atoms with Gasteiger partial charge >= 0.3 is 5.69 Å². The molecule has 0 radical (unpaired) electrons. The fourth-order valence-electron chi connectivity index (χ4n) is 3.46. The number of nitrogens with one attached hydrogen (secondary N) is 1. The molecule has 1 aliphatic rings. The Morgan fingerprint density at radius 1 is 1.22 bits per heavy atom. The molecule has 1 N–H and O–H groups in total. The highest BCUT2D eigenvalue weighted by molar-refractivity contribution is 5.77. The van der Waals surface area contributed by atoms with E-state index in [1.807, 2.05) is 30.3 Å². The number of aryl methyl sites for hydroxylation is 2. The SMILES string of the molecule is Cn1cnc2c1c(=O)n(CC(=O)NC(c1ccccc1)C1CC1)c(=O)n2C. The fraction of sp³-hybridized carbons (Fsp3) is 0.368. The maximum Gasteiger partial charge on any atom is 0.332 e. The quantitative estimate of drug-likeness (QED) is 0.719. The minimum atomic E-state index is -0.552. The summed E-state index contributed by atoms with van der Waals surface area (Å²) in [5, 5.41) is 3.00. The van der Waals surface area contributed by atoms with E-state index in [9.17, 15) is 14.4 Å². The molecule has 1 saturated carbocycles. The zero-order valence-electron chi connectivity index (χ0n) is 15.3. The molecule has 140 valence electrons. The zero-order chi connectivity index (χ0) is 19.1. The molecule has 1 aliphatic carbocycles. The number of amides is 1. The van der Waals surface area contributed by atoms with Crippen molar-refractivity contribution < 1.29 is 4.79 Å². The number of hydrogen-bond donors (Lipinski definition) is 1. The fourth-order valence-corrected chi connectivity index (χ4v) is 3.46. The molecule has 1 amide bonds. The van der Waals surface area contributed by atoms with Gasteiger partial charge in [0.25, 0.3) is 5.56 Å². The van der Waals surface area contributed by atoms with Gasteiger partial charge in [-0.3, -0.25) is 14.2 Å². The first-order valence-corrected chi connectivity index (χ1v) is 8.92. The van der Waals surface area contributed by atoms with Crippen molar-refractivity contribution in [3.8, 4) is 0 Å². The Hall–Kier alpha value is -3.16. The molecule has 8 nitrogen and oxygen atoms in total. The average Bonchev–Trinajstić information content (AvgIpc) is 3.43. The second kappa shape index (κ2) is 6.53. The van der Waals surface area contributed by atoms with Crippen molar-refractivity contribution >= 4 is 17.1 Å². The maximum atomic E-state index is 12.7. The first-order chi connectivity index (χ1) is 13.0. The van der Waals surface area contributed by atoms with Gasteiger partial charge < -0.3 is 9.88 Å². The number of benzene rings is 1. The monoisotopic (exact) mass is 367 g/mol. The lowest BCUT2D eigenvalue weighted by Gasteiger charge is -2.19. The molecule has 3 aromatic rings. The van der Waals surface area contributed by atoms with Crippen LogP contribution in [0.25, 0.3) is 11.2 Å². The van der Waals surface area contributed by atoms with Crippen LogP contribution >= 0.6 is 0 Å². The number of fused-ring (bicyclic) bond motifs is 1. The van der Waals surface area contributed by atoms with Crippen LogP contribution in [0.4, 0.5) is 0 Å². The van der Waals surface area contributed by atoms with Crippen molar-refractivity contribution in [3.05, 3.63) is 63.1 Å².